The molecule has 1 unspecified atom stereocenters. The van der Waals surface area contributed by atoms with E-state index in [1.54, 1.807) is 18.2 Å². The van der Waals surface area contributed by atoms with Crippen LogP contribution in [0.2, 0.25) is 0 Å². The van der Waals surface area contributed by atoms with E-state index >= 15 is 0 Å². The van der Waals surface area contributed by atoms with Gasteiger partial charge in [-0.15, -0.1) is 6.58 Å². The van der Waals surface area contributed by atoms with Gasteiger partial charge < -0.3 is 10.8 Å². The fourth-order valence-electron chi connectivity index (χ4n) is 1.10. The number of benzene rings is 1. The van der Waals surface area contributed by atoms with Gasteiger partial charge in [-0.05, 0) is 24.1 Å². The van der Waals surface area contributed by atoms with Crippen molar-refractivity contribution in [2.75, 3.05) is 5.73 Å². The third-order valence-electron chi connectivity index (χ3n) is 1.77. The second-order valence-corrected chi connectivity index (χ2v) is 3.68. The minimum Gasteiger partial charge on any atom is -0.399 e. The molecule has 0 saturated heterocycles. The zero-order chi connectivity index (χ0) is 9.84. The highest BCUT2D eigenvalue weighted by atomic mass is 79.9. The predicted octanol–water partition coefficient (Wildman–Crippen LogP) is 2.64. The number of aliphatic hydroxyl groups is 1. The van der Waals surface area contributed by atoms with Crippen molar-refractivity contribution in [1.82, 2.24) is 0 Å². The average Bonchev–Trinajstić information content (AvgIpc) is 2.04. The summed E-state index contributed by atoms with van der Waals surface area (Å²) < 4.78 is 0.835. The summed E-state index contributed by atoms with van der Waals surface area (Å²) >= 11 is 3.34. The Morgan fingerprint density at radius 2 is 2.31 bits per heavy atom. The Kier molecular flexibility index (Phi) is 3.51. The average molecular weight is 242 g/mol. The van der Waals surface area contributed by atoms with Gasteiger partial charge in [0.25, 0.3) is 0 Å². The van der Waals surface area contributed by atoms with Gasteiger partial charge in [-0.1, -0.05) is 28.1 Å². The minimum absolute atomic E-state index is 0.507. The summed E-state index contributed by atoms with van der Waals surface area (Å²) in [6.07, 6.45) is 1.73. The van der Waals surface area contributed by atoms with Gasteiger partial charge in [-0.2, -0.15) is 0 Å². The first-order chi connectivity index (χ1) is 6.15. The highest BCUT2D eigenvalue weighted by Gasteiger charge is 2.08. The Labute approximate surface area is 86.2 Å². The van der Waals surface area contributed by atoms with Crippen molar-refractivity contribution in [3.05, 3.63) is 40.9 Å². The zero-order valence-corrected chi connectivity index (χ0v) is 8.79. The van der Waals surface area contributed by atoms with E-state index in [9.17, 15) is 5.11 Å². The van der Waals surface area contributed by atoms with Gasteiger partial charge in [-0.25, -0.2) is 0 Å². The Bertz CT molecular complexity index is 312. The Hall–Kier alpha value is -0.800. The molecular weight excluding hydrogens is 230 g/mol. The van der Waals surface area contributed by atoms with E-state index in [1.165, 1.54) is 0 Å². The Balaban J connectivity index is 2.94. The molecule has 3 N–H and O–H groups in total. The lowest BCUT2D eigenvalue weighted by molar-refractivity contribution is 0.181. The molecule has 0 saturated carbocycles. The molecule has 0 bridgehead atoms. The molecule has 0 heterocycles. The summed E-state index contributed by atoms with van der Waals surface area (Å²) in [5, 5.41) is 9.65. The smallest absolute Gasteiger partial charge is 0.0835 e. The van der Waals surface area contributed by atoms with Crippen LogP contribution in [0, 0.1) is 0 Å². The lowest BCUT2D eigenvalue weighted by Crippen LogP contribution is -1.97. The molecule has 70 valence electrons. The molecule has 0 aromatic heterocycles. The second-order valence-electron chi connectivity index (χ2n) is 2.82. The first kappa shape index (κ1) is 10.3. The molecule has 0 aliphatic heterocycles. The SMILES string of the molecule is C=CCC(O)c1ccc(N)cc1Br. The maximum Gasteiger partial charge on any atom is 0.0835 e. The Morgan fingerprint density at radius 3 is 2.85 bits per heavy atom. The highest BCUT2D eigenvalue weighted by molar-refractivity contribution is 9.10. The quantitative estimate of drug-likeness (QED) is 0.632. The number of hydrogen-bond acceptors (Lipinski definition) is 2. The van der Waals surface area contributed by atoms with Gasteiger partial charge in [0.2, 0.25) is 0 Å². The zero-order valence-electron chi connectivity index (χ0n) is 7.20. The van der Waals surface area contributed by atoms with Gasteiger partial charge in [0.05, 0.1) is 6.10 Å². The van der Waals surface area contributed by atoms with Crippen LogP contribution in [0.15, 0.2) is 35.3 Å². The molecule has 1 aromatic rings. The van der Waals surface area contributed by atoms with Crippen molar-refractivity contribution in [3.63, 3.8) is 0 Å². The van der Waals surface area contributed by atoms with Crippen LogP contribution in [0.1, 0.15) is 18.1 Å². The van der Waals surface area contributed by atoms with Crippen molar-refractivity contribution in [1.29, 1.82) is 0 Å². The van der Waals surface area contributed by atoms with Crippen molar-refractivity contribution < 1.29 is 5.11 Å². The van der Waals surface area contributed by atoms with Crippen molar-refractivity contribution in [2.24, 2.45) is 0 Å². The lowest BCUT2D eigenvalue weighted by atomic mass is 10.1. The van der Waals surface area contributed by atoms with E-state index in [-0.39, 0.29) is 0 Å². The molecule has 1 rings (SSSR count). The molecular formula is C10H12BrNO. The van der Waals surface area contributed by atoms with E-state index in [0.29, 0.717) is 12.1 Å². The molecule has 13 heavy (non-hydrogen) atoms. The maximum absolute atomic E-state index is 9.65. The minimum atomic E-state index is -0.507. The van der Waals surface area contributed by atoms with Crippen LogP contribution in [0.4, 0.5) is 5.69 Å². The maximum atomic E-state index is 9.65. The summed E-state index contributed by atoms with van der Waals surface area (Å²) in [6, 6.07) is 5.36. The third kappa shape index (κ3) is 2.57. The molecule has 1 atom stereocenters. The predicted molar refractivity (Wildman–Crippen MR) is 58.3 cm³/mol. The molecule has 0 radical (unpaired) electrons. The van der Waals surface area contributed by atoms with Crippen molar-refractivity contribution >= 4 is 21.6 Å². The van der Waals surface area contributed by atoms with Crippen LogP contribution in [0.25, 0.3) is 0 Å². The van der Waals surface area contributed by atoms with Crippen LogP contribution in [-0.2, 0) is 0 Å². The molecule has 2 nitrogen and oxygen atoms in total. The molecule has 0 spiro atoms. The van der Waals surface area contributed by atoms with Gasteiger partial charge in [0.1, 0.15) is 0 Å². The fourth-order valence-corrected chi connectivity index (χ4v) is 1.76. The van der Waals surface area contributed by atoms with E-state index < -0.39 is 6.10 Å². The number of hydrogen-bond donors (Lipinski definition) is 2. The van der Waals surface area contributed by atoms with E-state index in [1.807, 2.05) is 6.07 Å². The summed E-state index contributed by atoms with van der Waals surface area (Å²) in [5.41, 5.74) is 7.09. The summed E-state index contributed by atoms with van der Waals surface area (Å²) in [5.74, 6) is 0. The summed E-state index contributed by atoms with van der Waals surface area (Å²) in [4.78, 5) is 0. The molecule has 0 aliphatic rings. The number of halogens is 1. The molecule has 0 fully saturated rings. The standard InChI is InChI=1S/C10H12BrNO/c1-2-3-10(13)8-5-4-7(12)6-9(8)11/h2,4-6,10,13H,1,3,12H2. The molecule has 0 aliphatic carbocycles. The van der Waals surface area contributed by atoms with E-state index in [0.717, 1.165) is 10.0 Å². The normalized spacial score (nSPS) is 12.5. The van der Waals surface area contributed by atoms with Crippen LogP contribution < -0.4 is 5.73 Å². The summed E-state index contributed by atoms with van der Waals surface area (Å²) in [6.45, 7) is 3.57. The van der Waals surface area contributed by atoms with E-state index in [4.69, 9.17) is 5.73 Å². The van der Waals surface area contributed by atoms with Crippen LogP contribution in [-0.4, -0.2) is 5.11 Å². The van der Waals surface area contributed by atoms with Crippen molar-refractivity contribution in [2.45, 2.75) is 12.5 Å². The molecule has 1 aromatic carbocycles. The van der Waals surface area contributed by atoms with Gasteiger partial charge >= 0.3 is 0 Å². The Morgan fingerprint density at radius 1 is 1.62 bits per heavy atom. The number of aliphatic hydroxyl groups excluding tert-OH is 1. The van der Waals surface area contributed by atoms with Crippen LogP contribution in [0.3, 0.4) is 0 Å². The number of rotatable bonds is 3. The topological polar surface area (TPSA) is 46.2 Å². The van der Waals surface area contributed by atoms with E-state index in [2.05, 4.69) is 22.5 Å². The molecule has 0 amide bonds. The van der Waals surface area contributed by atoms with Gasteiger partial charge in [0, 0.05) is 10.2 Å². The number of anilines is 1. The highest BCUT2D eigenvalue weighted by Crippen LogP contribution is 2.27. The fraction of sp³-hybridized carbons (Fsp3) is 0.200. The second kappa shape index (κ2) is 4.44. The summed E-state index contributed by atoms with van der Waals surface area (Å²) in [7, 11) is 0. The van der Waals surface area contributed by atoms with Crippen molar-refractivity contribution in [3.8, 4) is 0 Å². The number of nitrogens with two attached hydrogens (primary N) is 1. The molecule has 3 heteroatoms. The first-order valence-corrected chi connectivity index (χ1v) is 4.78. The van der Waals surface area contributed by atoms with Gasteiger partial charge in [-0.3, -0.25) is 0 Å². The first-order valence-electron chi connectivity index (χ1n) is 3.99. The van der Waals surface area contributed by atoms with Crippen LogP contribution in [0.5, 0.6) is 0 Å². The third-order valence-corrected chi connectivity index (χ3v) is 2.46. The van der Waals surface area contributed by atoms with Crippen LogP contribution >= 0.6 is 15.9 Å². The largest absolute Gasteiger partial charge is 0.399 e. The lowest BCUT2D eigenvalue weighted by Gasteiger charge is -2.10. The number of nitrogen functional groups attached to an aromatic ring is 1. The monoisotopic (exact) mass is 241 g/mol. The van der Waals surface area contributed by atoms with Gasteiger partial charge in [0.15, 0.2) is 0 Å².